The van der Waals surface area contributed by atoms with Crippen molar-refractivity contribution in [3.8, 4) is 11.8 Å². The normalized spacial score (nSPS) is 10.7. The third-order valence-corrected chi connectivity index (χ3v) is 4.91. The minimum absolute atomic E-state index is 0.179. The minimum Gasteiger partial charge on any atom is -0.483 e. The largest absolute Gasteiger partial charge is 0.483 e. The van der Waals surface area contributed by atoms with Gasteiger partial charge in [0.25, 0.3) is 17.5 Å². The Bertz CT molecular complexity index is 1360. The average Bonchev–Trinajstić information content (AvgIpc) is 2.83. The van der Waals surface area contributed by atoms with E-state index in [1.807, 2.05) is 38.1 Å². The highest BCUT2D eigenvalue weighted by Gasteiger charge is 2.14. The van der Waals surface area contributed by atoms with E-state index in [0.29, 0.717) is 17.0 Å². The number of amides is 2. The molecule has 0 aromatic heterocycles. The third-order valence-electron chi connectivity index (χ3n) is 4.91. The Kier molecular flexibility index (Phi) is 7.93. The smallest absolute Gasteiger partial charge is 0.271 e. The molecule has 0 atom stereocenters. The van der Waals surface area contributed by atoms with Crippen LogP contribution in [0.3, 0.4) is 0 Å². The summed E-state index contributed by atoms with van der Waals surface area (Å²) in [6.45, 7) is 3.58. The monoisotopic (exact) mass is 470 g/mol. The summed E-state index contributed by atoms with van der Waals surface area (Å²) in [6.07, 6.45) is 1.32. The van der Waals surface area contributed by atoms with Gasteiger partial charge in [-0.3, -0.25) is 19.7 Å². The van der Waals surface area contributed by atoms with Crippen LogP contribution in [-0.4, -0.2) is 23.3 Å². The van der Waals surface area contributed by atoms with E-state index in [9.17, 15) is 25.0 Å². The van der Waals surface area contributed by atoms with Crippen molar-refractivity contribution in [3.05, 3.63) is 99.1 Å². The van der Waals surface area contributed by atoms with Crippen LogP contribution in [0.25, 0.3) is 6.08 Å². The molecule has 0 saturated heterocycles. The number of hydrogen-bond acceptors (Lipinski definition) is 6. The van der Waals surface area contributed by atoms with E-state index in [-0.39, 0.29) is 29.5 Å². The molecular weight excluding hydrogens is 448 g/mol. The summed E-state index contributed by atoms with van der Waals surface area (Å²) in [5.41, 5.74) is 2.85. The van der Waals surface area contributed by atoms with Crippen LogP contribution in [0.1, 0.15) is 16.7 Å². The van der Waals surface area contributed by atoms with Crippen LogP contribution in [0.2, 0.25) is 0 Å². The molecule has 0 radical (unpaired) electrons. The molecule has 3 aromatic rings. The number of nitrogens with zero attached hydrogens (tertiary/aromatic N) is 2. The number of para-hydroxylation sites is 1. The van der Waals surface area contributed by atoms with E-state index in [1.54, 1.807) is 24.3 Å². The lowest BCUT2D eigenvalue weighted by molar-refractivity contribution is -0.384. The highest BCUT2D eigenvalue weighted by molar-refractivity contribution is 6.10. The fraction of sp³-hybridized carbons (Fsp3) is 0.115. The summed E-state index contributed by atoms with van der Waals surface area (Å²) < 4.78 is 5.65. The molecule has 0 aliphatic carbocycles. The fourth-order valence-corrected chi connectivity index (χ4v) is 3.21. The van der Waals surface area contributed by atoms with Gasteiger partial charge in [0.2, 0.25) is 0 Å². The van der Waals surface area contributed by atoms with Gasteiger partial charge in [-0.2, -0.15) is 5.26 Å². The van der Waals surface area contributed by atoms with E-state index in [0.717, 1.165) is 11.1 Å². The van der Waals surface area contributed by atoms with Gasteiger partial charge in [0.05, 0.1) is 4.92 Å². The fourth-order valence-electron chi connectivity index (χ4n) is 3.21. The maximum atomic E-state index is 12.6. The summed E-state index contributed by atoms with van der Waals surface area (Å²) in [6, 6.07) is 19.5. The first-order valence-corrected chi connectivity index (χ1v) is 10.5. The highest BCUT2D eigenvalue weighted by Crippen LogP contribution is 2.23. The van der Waals surface area contributed by atoms with E-state index < -0.39 is 10.8 Å². The zero-order valence-electron chi connectivity index (χ0n) is 19.1. The van der Waals surface area contributed by atoms with Gasteiger partial charge in [-0.05, 0) is 43.7 Å². The molecule has 176 valence electrons. The number of carbonyl (C=O) groups excluding carboxylic acids is 2. The molecule has 3 rings (SSSR count). The lowest BCUT2D eigenvalue weighted by atomic mass is 10.1. The Labute approximate surface area is 201 Å². The number of anilines is 2. The van der Waals surface area contributed by atoms with Gasteiger partial charge in [-0.25, -0.2) is 0 Å². The van der Waals surface area contributed by atoms with Crippen LogP contribution in [0.4, 0.5) is 17.1 Å². The van der Waals surface area contributed by atoms with Crippen molar-refractivity contribution in [2.75, 3.05) is 17.2 Å². The number of aryl methyl sites for hydroxylation is 2. The summed E-state index contributed by atoms with van der Waals surface area (Å²) >= 11 is 0. The van der Waals surface area contributed by atoms with Gasteiger partial charge in [0, 0.05) is 29.1 Å². The highest BCUT2D eigenvalue weighted by atomic mass is 16.6. The lowest BCUT2D eigenvalue weighted by Crippen LogP contribution is -2.21. The molecule has 9 heteroatoms. The van der Waals surface area contributed by atoms with Crippen LogP contribution in [0.15, 0.2) is 72.3 Å². The summed E-state index contributed by atoms with van der Waals surface area (Å²) in [5, 5.41) is 25.7. The minimum atomic E-state index is -0.740. The van der Waals surface area contributed by atoms with Crippen LogP contribution >= 0.6 is 0 Å². The van der Waals surface area contributed by atoms with Gasteiger partial charge in [-0.1, -0.05) is 42.0 Å². The topological polar surface area (TPSA) is 134 Å². The molecule has 2 amide bonds. The number of nitro groups is 1. The van der Waals surface area contributed by atoms with E-state index >= 15 is 0 Å². The molecule has 0 unspecified atom stereocenters. The number of rotatable bonds is 8. The first-order chi connectivity index (χ1) is 16.8. The van der Waals surface area contributed by atoms with Crippen molar-refractivity contribution in [3.63, 3.8) is 0 Å². The zero-order chi connectivity index (χ0) is 25.4. The summed E-state index contributed by atoms with van der Waals surface area (Å²) in [4.78, 5) is 35.3. The number of nitrogens with one attached hydrogen (secondary N) is 2. The zero-order valence-corrected chi connectivity index (χ0v) is 19.1. The SMILES string of the molecule is Cc1ccc(NC(=O)COc2ccccc2/C=C(/C#N)C(=O)Nc2cccc([N+](=O)[O-])c2)c(C)c1. The standard InChI is InChI=1S/C26H22N4O5/c1-17-10-11-23(18(2)12-17)29-25(31)16-35-24-9-4-3-6-19(24)13-20(15-27)26(32)28-21-7-5-8-22(14-21)30(33)34/h3-14H,16H2,1-2H3,(H,28,32)(H,29,31)/b20-13-. The predicted octanol–water partition coefficient (Wildman–Crippen LogP) is 4.77. The molecule has 9 nitrogen and oxygen atoms in total. The second-order valence-electron chi connectivity index (χ2n) is 7.62. The molecule has 0 heterocycles. The van der Waals surface area contributed by atoms with Gasteiger partial charge in [0.15, 0.2) is 6.61 Å². The average molecular weight is 470 g/mol. The number of ether oxygens (including phenoxy) is 1. The number of nitro benzene ring substituents is 1. The maximum Gasteiger partial charge on any atom is 0.271 e. The number of carbonyl (C=O) groups is 2. The van der Waals surface area contributed by atoms with Crippen molar-refractivity contribution < 1.29 is 19.2 Å². The molecule has 2 N–H and O–H groups in total. The third kappa shape index (κ3) is 6.76. The number of nitriles is 1. The summed E-state index contributed by atoms with van der Waals surface area (Å²) in [5.74, 6) is -0.797. The molecule has 0 bridgehead atoms. The van der Waals surface area contributed by atoms with Gasteiger partial charge in [-0.15, -0.1) is 0 Å². The van der Waals surface area contributed by atoms with Crippen molar-refractivity contribution in [1.29, 1.82) is 5.26 Å². The van der Waals surface area contributed by atoms with Crippen LogP contribution in [0, 0.1) is 35.3 Å². The molecular formula is C26H22N4O5. The summed E-state index contributed by atoms with van der Waals surface area (Å²) in [7, 11) is 0. The second-order valence-corrected chi connectivity index (χ2v) is 7.62. The lowest BCUT2D eigenvalue weighted by Gasteiger charge is -2.12. The van der Waals surface area contributed by atoms with Gasteiger partial charge < -0.3 is 15.4 Å². The number of hydrogen-bond donors (Lipinski definition) is 2. The van der Waals surface area contributed by atoms with Crippen LogP contribution in [0.5, 0.6) is 5.75 Å². The van der Waals surface area contributed by atoms with E-state index in [1.165, 1.54) is 30.3 Å². The Morgan fingerprint density at radius 3 is 2.54 bits per heavy atom. The van der Waals surface area contributed by atoms with Crippen LogP contribution in [-0.2, 0) is 9.59 Å². The van der Waals surface area contributed by atoms with Crippen molar-refractivity contribution in [2.24, 2.45) is 0 Å². The second kappa shape index (κ2) is 11.2. The Morgan fingerprint density at radius 2 is 1.83 bits per heavy atom. The quantitative estimate of drug-likeness (QED) is 0.211. The molecule has 0 aliphatic rings. The molecule has 0 saturated carbocycles. The van der Waals surface area contributed by atoms with Gasteiger partial charge >= 0.3 is 0 Å². The van der Waals surface area contributed by atoms with Crippen LogP contribution < -0.4 is 15.4 Å². The van der Waals surface area contributed by atoms with Crippen molar-refractivity contribution in [1.82, 2.24) is 0 Å². The number of non-ortho nitro benzene ring substituents is 1. The van der Waals surface area contributed by atoms with E-state index in [2.05, 4.69) is 10.6 Å². The maximum absolute atomic E-state index is 12.6. The Hall–Kier alpha value is -4.97. The molecule has 35 heavy (non-hydrogen) atoms. The van der Waals surface area contributed by atoms with E-state index in [4.69, 9.17) is 4.74 Å². The Balaban J connectivity index is 1.71. The van der Waals surface area contributed by atoms with Crippen molar-refractivity contribution >= 4 is 35.0 Å². The molecule has 0 fully saturated rings. The molecule has 0 spiro atoms. The van der Waals surface area contributed by atoms with Crippen molar-refractivity contribution in [2.45, 2.75) is 13.8 Å². The number of benzene rings is 3. The molecule has 3 aromatic carbocycles. The Morgan fingerprint density at radius 1 is 1.06 bits per heavy atom. The molecule has 0 aliphatic heterocycles. The first-order valence-electron chi connectivity index (χ1n) is 10.5. The first kappa shape index (κ1) is 24.7. The predicted molar refractivity (Wildman–Crippen MR) is 132 cm³/mol. The van der Waals surface area contributed by atoms with Gasteiger partial charge in [0.1, 0.15) is 17.4 Å².